The van der Waals surface area contributed by atoms with Crippen LogP contribution in [0.3, 0.4) is 0 Å². The number of hydrogen-bond donors (Lipinski definition) is 8. The van der Waals surface area contributed by atoms with Crippen LogP contribution in [0, 0.1) is 0 Å². The Morgan fingerprint density at radius 1 is 0.150 bits per heavy atom. The van der Waals surface area contributed by atoms with Gasteiger partial charge < -0.3 is 155 Å². The van der Waals surface area contributed by atoms with Gasteiger partial charge in [0.25, 0.3) is 0 Å². The number of ether oxygens (including phenoxy) is 24. The van der Waals surface area contributed by atoms with E-state index in [0.717, 1.165) is 0 Å². The predicted octanol–water partition coefficient (Wildman–Crippen LogP) is -9.04. The fourth-order valence-corrected chi connectivity index (χ4v) is 14.9. The molecule has 40 heterocycles. The molecule has 40 saturated heterocycles. The molecule has 0 unspecified atom stereocenters. The van der Waals surface area contributed by atoms with E-state index in [2.05, 4.69) is 0 Å². The van der Waals surface area contributed by atoms with Gasteiger partial charge in [0.1, 0.15) is 195 Å². The Labute approximate surface area is 452 Å². The second-order valence-electron chi connectivity index (χ2n) is 23.5. The SMILES string of the molecule is O[C@H]1[C@H]2O[C@H]3[C@@H]4OC[C@H]3O[C@H](O[C@H]3[C@@H]5OC[C@H]3O[C@H](O[C@H]3[C@@H]6OC[C@H]3O[C@H](O[C@H]3[C@@H]7OC[C@H]3O[C@H](O[C@H]3[C@@H]8OC[C@H]3O[C@H](O[C@H]3[C@@H]9OC[C@H]3O[C@H](O[C@H]3[C@@H]%10OC[C@H]3O[C@H](O[C@H]3[C@@H]1OC[C@H]3O2)[C@@H]%10O)[C@@H]9O)[C@@H]8O)[C@@H]7O)[C@@H]6O)[C@@H]5O)[C@@H]4O. The highest BCUT2D eigenvalue weighted by Gasteiger charge is 2.66. The molecule has 32 bridgehead atoms. The highest BCUT2D eigenvalue weighted by Crippen LogP contribution is 2.46. The van der Waals surface area contributed by atoms with Crippen LogP contribution in [0.15, 0.2) is 0 Å². The van der Waals surface area contributed by atoms with Crippen LogP contribution in [0.2, 0.25) is 0 Å². The molecule has 32 heteroatoms. The molecular weight excluding hydrogens is 1090 g/mol. The molecule has 40 aliphatic heterocycles. The minimum atomic E-state index is -1.43. The minimum absolute atomic E-state index is 0.000557. The van der Waals surface area contributed by atoms with E-state index in [4.69, 9.17) is 114 Å². The maximum Gasteiger partial charge on any atom is 0.187 e. The average Bonchev–Trinajstić information content (AvgIpc) is 4.34. The Bertz CT molecular complexity index is 1830. The lowest BCUT2D eigenvalue weighted by molar-refractivity contribution is -0.367. The van der Waals surface area contributed by atoms with Crippen LogP contribution in [0.4, 0.5) is 0 Å². The highest BCUT2D eigenvalue weighted by molar-refractivity contribution is 5.08. The maximum absolute atomic E-state index is 11.6. The molecule has 0 aromatic carbocycles. The van der Waals surface area contributed by atoms with E-state index >= 15 is 0 Å². The van der Waals surface area contributed by atoms with Crippen LogP contribution >= 0.6 is 0 Å². The summed E-state index contributed by atoms with van der Waals surface area (Å²) in [5, 5.41) is 93.2. The van der Waals surface area contributed by atoms with E-state index < -0.39 is 246 Å². The van der Waals surface area contributed by atoms with Gasteiger partial charge in [0.15, 0.2) is 50.3 Å². The molecule has 40 rings (SSSR count). The summed E-state index contributed by atoms with van der Waals surface area (Å²) in [5.74, 6) is 0. The summed E-state index contributed by atoms with van der Waals surface area (Å²) in [4.78, 5) is 0. The van der Waals surface area contributed by atoms with Crippen LogP contribution in [-0.4, -0.2) is 339 Å². The lowest BCUT2D eigenvalue weighted by Crippen LogP contribution is -2.64. The standard InChI is InChI=1S/C48H64O32/c49-17-33-25-9(1-57-33)65-41(17)74-26-10-2-59-35(26)19(51)43(67-10)76-28-12-4-61-37(28)21(53)45(69-12)78-30-14-6-63-39(30)23(55)47(71-14)80-32-16-8-64-40(32)24(56)48(72-16)79-31-15-7-62-38(31)22(54)46(70-15)77-29-13-5-60-36(29)20(52)44(68-13)75-27-11-3-58-34(27)18(50)42(66-11)73-25/h9-56H,1-8H2/t9-,10-,11-,12-,13-,14-,15-,16-,17-,18-,19-,20-,21-,22-,23-,24-,25-,26-,27-,28-,29-,30-,31-,32-,33-,34-,35-,36-,37-,38-,39-,40-,41-,42-,43-,44-,45-,46-,47-,48-/m1/s1. The molecule has 32 nitrogen and oxygen atoms in total. The van der Waals surface area contributed by atoms with Gasteiger partial charge in [-0.2, -0.15) is 0 Å². The summed E-state index contributed by atoms with van der Waals surface area (Å²) < 4.78 is 148. The highest BCUT2D eigenvalue weighted by atomic mass is 16.8. The van der Waals surface area contributed by atoms with Crippen LogP contribution in [0.25, 0.3) is 0 Å². The second kappa shape index (κ2) is 20.1. The predicted molar refractivity (Wildman–Crippen MR) is 234 cm³/mol. The molecule has 40 atom stereocenters. The van der Waals surface area contributed by atoms with E-state index in [-0.39, 0.29) is 52.9 Å². The summed E-state index contributed by atoms with van der Waals surface area (Å²) in [6.45, 7) is -0.00445. The largest absolute Gasteiger partial charge is 0.385 e. The van der Waals surface area contributed by atoms with Crippen LogP contribution in [-0.2, 0) is 114 Å². The van der Waals surface area contributed by atoms with Gasteiger partial charge >= 0.3 is 0 Å². The third kappa shape index (κ3) is 8.26. The van der Waals surface area contributed by atoms with Crippen molar-refractivity contribution in [3.05, 3.63) is 0 Å². The van der Waals surface area contributed by atoms with Crippen molar-refractivity contribution in [2.24, 2.45) is 0 Å². The number of rotatable bonds is 0. The average molecular weight is 1150 g/mol. The summed E-state index contributed by atoms with van der Waals surface area (Å²) in [6.07, 6.45) is -43.7. The van der Waals surface area contributed by atoms with E-state index in [1.807, 2.05) is 0 Å². The van der Waals surface area contributed by atoms with Crippen molar-refractivity contribution < 1.29 is 155 Å². The van der Waals surface area contributed by atoms with Gasteiger partial charge in [-0.15, -0.1) is 0 Å². The van der Waals surface area contributed by atoms with Crippen molar-refractivity contribution in [2.75, 3.05) is 52.9 Å². The Morgan fingerprint density at radius 3 is 0.375 bits per heavy atom. The third-order valence-corrected chi connectivity index (χ3v) is 18.9. The van der Waals surface area contributed by atoms with Crippen LogP contribution < -0.4 is 0 Å². The van der Waals surface area contributed by atoms with Gasteiger partial charge in [0.05, 0.1) is 52.9 Å². The first-order valence-electron chi connectivity index (χ1n) is 27.7. The van der Waals surface area contributed by atoms with E-state index in [1.165, 1.54) is 0 Å². The van der Waals surface area contributed by atoms with Crippen LogP contribution in [0.5, 0.6) is 0 Å². The van der Waals surface area contributed by atoms with E-state index in [1.54, 1.807) is 0 Å². The quantitative estimate of drug-likeness (QED) is 0.112. The molecule has 0 radical (unpaired) electrons. The third-order valence-electron chi connectivity index (χ3n) is 18.9. The summed E-state index contributed by atoms with van der Waals surface area (Å²) in [7, 11) is 0. The smallest absolute Gasteiger partial charge is 0.187 e. The number of aliphatic hydroxyl groups is 8. The van der Waals surface area contributed by atoms with Crippen molar-refractivity contribution >= 4 is 0 Å². The zero-order chi connectivity index (χ0) is 53.7. The van der Waals surface area contributed by atoms with Crippen molar-refractivity contribution in [2.45, 2.75) is 246 Å². The van der Waals surface area contributed by atoms with Gasteiger partial charge in [-0.25, -0.2) is 0 Å². The Kier molecular flexibility index (Phi) is 13.3. The maximum atomic E-state index is 11.6. The molecule has 0 saturated carbocycles. The van der Waals surface area contributed by atoms with Gasteiger partial charge in [0.2, 0.25) is 0 Å². The van der Waals surface area contributed by atoms with Crippen LogP contribution in [0.1, 0.15) is 0 Å². The molecule has 448 valence electrons. The van der Waals surface area contributed by atoms with E-state index in [0.29, 0.717) is 0 Å². The first-order chi connectivity index (χ1) is 38.9. The molecule has 40 fully saturated rings. The Morgan fingerprint density at radius 2 is 0.263 bits per heavy atom. The lowest BCUT2D eigenvalue weighted by atomic mass is 9.97. The summed E-state index contributed by atoms with van der Waals surface area (Å²) in [5.41, 5.74) is 0. The number of aliphatic hydroxyl groups excluding tert-OH is 8. The zero-order valence-corrected chi connectivity index (χ0v) is 42.1. The minimum Gasteiger partial charge on any atom is -0.385 e. The molecule has 0 amide bonds. The molecule has 0 spiro atoms. The van der Waals surface area contributed by atoms with Gasteiger partial charge in [0, 0.05) is 0 Å². The topological polar surface area (TPSA) is 383 Å². The monoisotopic (exact) mass is 1150 g/mol. The summed E-state index contributed by atoms with van der Waals surface area (Å²) in [6, 6.07) is 0. The fourth-order valence-electron chi connectivity index (χ4n) is 14.9. The van der Waals surface area contributed by atoms with Gasteiger partial charge in [-0.1, -0.05) is 0 Å². The Balaban J connectivity index is 0.608. The number of hydrogen-bond acceptors (Lipinski definition) is 32. The molecule has 40 aliphatic rings. The van der Waals surface area contributed by atoms with Crippen molar-refractivity contribution in [1.29, 1.82) is 0 Å². The molecular formula is C48H64O32. The van der Waals surface area contributed by atoms with Crippen molar-refractivity contribution in [3.8, 4) is 0 Å². The Hall–Kier alpha value is -1.28. The molecule has 0 aliphatic carbocycles. The summed E-state index contributed by atoms with van der Waals surface area (Å²) >= 11 is 0. The van der Waals surface area contributed by atoms with Crippen molar-refractivity contribution in [3.63, 3.8) is 0 Å². The lowest BCUT2D eigenvalue weighted by Gasteiger charge is -2.46. The zero-order valence-electron chi connectivity index (χ0n) is 42.1. The van der Waals surface area contributed by atoms with Gasteiger partial charge in [-0.3, -0.25) is 0 Å². The molecule has 0 aromatic rings. The van der Waals surface area contributed by atoms with Crippen molar-refractivity contribution in [1.82, 2.24) is 0 Å². The molecule has 80 heavy (non-hydrogen) atoms. The second-order valence-corrected chi connectivity index (χ2v) is 23.5. The van der Waals surface area contributed by atoms with E-state index in [9.17, 15) is 40.9 Å². The normalized spacial score (nSPS) is 63.9. The molecule has 8 N–H and O–H groups in total. The first-order valence-corrected chi connectivity index (χ1v) is 27.7. The molecule has 0 aromatic heterocycles. The first kappa shape index (κ1) is 53.0. The van der Waals surface area contributed by atoms with Gasteiger partial charge in [-0.05, 0) is 0 Å². The fraction of sp³-hybridized carbons (Fsp3) is 1.00.